The number of nitrogens with zero attached hydrogens (tertiary/aromatic N) is 3. The second-order valence-electron chi connectivity index (χ2n) is 3.02. The van der Waals surface area contributed by atoms with E-state index in [9.17, 15) is 0 Å². The standard InChI is InChI=1S/C10H14ClN3/c1-3-5-14-6-4-9(2)12-8-13-10(11)7-14/h4,6-8H,3,5H2,1-2H3. The SMILES string of the molecule is CCCn1ccc(C)ncnc(Cl)c1. The van der Waals surface area contributed by atoms with E-state index in [0.29, 0.717) is 5.15 Å². The Labute approximate surface area is 89.1 Å². The molecule has 1 aromatic heterocycles. The maximum absolute atomic E-state index is 5.86. The largest absolute Gasteiger partial charge is 0.351 e. The third kappa shape index (κ3) is 3.75. The molecule has 4 heteroatoms. The zero-order chi connectivity index (χ0) is 10.4. The van der Waals surface area contributed by atoms with Crippen molar-refractivity contribution in [3.05, 3.63) is 35.6 Å². The summed E-state index contributed by atoms with van der Waals surface area (Å²) in [6.45, 7) is 4.97. The summed E-state index contributed by atoms with van der Waals surface area (Å²) in [6, 6.07) is 1.94. The summed E-state index contributed by atoms with van der Waals surface area (Å²) in [5, 5.41) is 0.446. The third-order valence-electron chi connectivity index (χ3n) is 1.70. The molecule has 3 nitrogen and oxygen atoms in total. The van der Waals surface area contributed by atoms with E-state index in [0.717, 1.165) is 18.7 Å². The van der Waals surface area contributed by atoms with Crippen molar-refractivity contribution in [2.45, 2.75) is 26.8 Å². The Morgan fingerprint density at radius 2 is 2.21 bits per heavy atom. The molecule has 0 aromatic carbocycles. The molecule has 0 spiro atoms. The van der Waals surface area contributed by atoms with Crippen LogP contribution in [0.3, 0.4) is 0 Å². The van der Waals surface area contributed by atoms with Crippen molar-refractivity contribution in [3.8, 4) is 0 Å². The number of hydrogen-bond acceptors (Lipinski definition) is 2. The van der Waals surface area contributed by atoms with Crippen molar-refractivity contribution >= 4 is 11.6 Å². The van der Waals surface area contributed by atoms with Crippen LogP contribution in [0, 0.1) is 6.92 Å². The molecule has 0 N–H and O–H groups in total. The van der Waals surface area contributed by atoms with Crippen molar-refractivity contribution in [1.29, 1.82) is 0 Å². The molecule has 0 radical (unpaired) electrons. The Hall–Kier alpha value is -1.09. The highest BCUT2D eigenvalue weighted by Gasteiger charge is 1.87. The van der Waals surface area contributed by atoms with Gasteiger partial charge >= 0.3 is 0 Å². The van der Waals surface area contributed by atoms with E-state index in [4.69, 9.17) is 11.6 Å². The van der Waals surface area contributed by atoms with Gasteiger partial charge in [-0.1, -0.05) is 18.5 Å². The number of aromatic nitrogens is 3. The van der Waals surface area contributed by atoms with Crippen molar-refractivity contribution in [3.63, 3.8) is 0 Å². The van der Waals surface area contributed by atoms with Gasteiger partial charge in [0.2, 0.25) is 0 Å². The molecule has 0 fully saturated rings. The molecule has 14 heavy (non-hydrogen) atoms. The zero-order valence-electron chi connectivity index (χ0n) is 8.44. The summed E-state index contributed by atoms with van der Waals surface area (Å²) in [4.78, 5) is 8.03. The third-order valence-corrected chi connectivity index (χ3v) is 1.90. The fraction of sp³-hybridized carbons (Fsp3) is 0.400. The molecule has 0 amide bonds. The van der Waals surface area contributed by atoms with Crippen LogP contribution in [0.2, 0.25) is 5.15 Å². The van der Waals surface area contributed by atoms with Crippen molar-refractivity contribution in [1.82, 2.24) is 14.5 Å². The summed E-state index contributed by atoms with van der Waals surface area (Å²) in [5.41, 5.74) is 0.912. The topological polar surface area (TPSA) is 30.7 Å². The van der Waals surface area contributed by atoms with Crippen LogP contribution in [0.5, 0.6) is 0 Å². The summed E-state index contributed by atoms with van der Waals surface area (Å²) in [5.74, 6) is 0. The van der Waals surface area contributed by atoms with Gasteiger partial charge in [-0.3, -0.25) is 0 Å². The van der Waals surface area contributed by atoms with E-state index in [2.05, 4.69) is 16.9 Å². The lowest BCUT2D eigenvalue weighted by atomic mass is 10.4. The molecule has 0 saturated carbocycles. The van der Waals surface area contributed by atoms with Crippen LogP contribution in [-0.2, 0) is 6.54 Å². The number of halogens is 1. The van der Waals surface area contributed by atoms with Crippen molar-refractivity contribution in [2.75, 3.05) is 0 Å². The summed E-state index contributed by atoms with van der Waals surface area (Å²) < 4.78 is 2.00. The van der Waals surface area contributed by atoms with Crippen LogP contribution in [0.1, 0.15) is 19.0 Å². The van der Waals surface area contributed by atoms with E-state index in [-0.39, 0.29) is 0 Å². The molecular formula is C10H14ClN3. The monoisotopic (exact) mass is 211 g/mol. The van der Waals surface area contributed by atoms with Gasteiger partial charge in [-0.25, -0.2) is 9.97 Å². The number of hydrogen-bond donors (Lipinski definition) is 0. The molecule has 1 aromatic rings. The Balaban J connectivity index is 3.19. The van der Waals surface area contributed by atoms with Crippen LogP contribution >= 0.6 is 11.6 Å². The van der Waals surface area contributed by atoms with Crippen LogP contribution < -0.4 is 0 Å². The fourth-order valence-corrected chi connectivity index (χ4v) is 1.20. The molecule has 0 aliphatic rings. The first-order valence-corrected chi connectivity index (χ1v) is 4.98. The number of rotatable bonds is 2. The summed E-state index contributed by atoms with van der Waals surface area (Å²) in [7, 11) is 0. The van der Waals surface area contributed by atoms with Gasteiger partial charge in [0.15, 0.2) is 0 Å². The Bertz CT molecular complexity index is 345. The average molecular weight is 212 g/mol. The van der Waals surface area contributed by atoms with Crippen LogP contribution in [-0.4, -0.2) is 14.5 Å². The average Bonchev–Trinajstić information content (AvgIpc) is 2.20. The Morgan fingerprint density at radius 1 is 1.43 bits per heavy atom. The predicted molar refractivity (Wildman–Crippen MR) is 57.7 cm³/mol. The van der Waals surface area contributed by atoms with Crippen LogP contribution in [0.15, 0.2) is 24.8 Å². The first-order chi connectivity index (χ1) is 6.72. The van der Waals surface area contributed by atoms with Gasteiger partial charge in [-0.15, -0.1) is 0 Å². The normalized spacial score (nSPS) is 9.64. The minimum Gasteiger partial charge on any atom is -0.351 e. The van der Waals surface area contributed by atoms with Gasteiger partial charge in [0, 0.05) is 24.6 Å². The second-order valence-corrected chi connectivity index (χ2v) is 3.41. The second kappa shape index (κ2) is 5.60. The first kappa shape index (κ1) is 11.0. The Kier molecular flexibility index (Phi) is 4.40. The maximum Gasteiger partial charge on any atom is 0.147 e. The lowest BCUT2D eigenvalue weighted by molar-refractivity contribution is 0.675. The molecule has 1 heterocycles. The molecule has 0 aliphatic carbocycles. The van der Waals surface area contributed by atoms with Crippen LogP contribution in [0.4, 0.5) is 0 Å². The summed E-state index contributed by atoms with van der Waals surface area (Å²) >= 11 is 5.86. The lowest BCUT2D eigenvalue weighted by Crippen LogP contribution is -1.94. The molecular weight excluding hydrogens is 198 g/mol. The Morgan fingerprint density at radius 3 is 2.93 bits per heavy atom. The molecule has 0 saturated heterocycles. The molecule has 1 rings (SSSR count). The lowest BCUT2D eigenvalue weighted by Gasteiger charge is -1.99. The van der Waals surface area contributed by atoms with Gasteiger partial charge in [0.1, 0.15) is 11.5 Å². The molecule has 0 aliphatic heterocycles. The maximum atomic E-state index is 5.86. The zero-order valence-corrected chi connectivity index (χ0v) is 9.20. The van der Waals surface area contributed by atoms with Crippen molar-refractivity contribution < 1.29 is 0 Å². The van der Waals surface area contributed by atoms with E-state index in [1.54, 1.807) is 6.20 Å². The molecule has 0 atom stereocenters. The van der Waals surface area contributed by atoms with E-state index in [1.807, 2.05) is 23.8 Å². The quantitative estimate of drug-likeness (QED) is 0.753. The van der Waals surface area contributed by atoms with Gasteiger partial charge in [-0.05, 0) is 19.4 Å². The minimum absolute atomic E-state index is 0.446. The van der Waals surface area contributed by atoms with E-state index >= 15 is 0 Å². The highest BCUT2D eigenvalue weighted by atomic mass is 35.5. The van der Waals surface area contributed by atoms with Gasteiger partial charge < -0.3 is 4.57 Å². The summed E-state index contributed by atoms with van der Waals surface area (Å²) in [6.07, 6.45) is 6.28. The molecule has 0 unspecified atom stereocenters. The van der Waals surface area contributed by atoms with E-state index < -0.39 is 0 Å². The molecule has 76 valence electrons. The smallest absolute Gasteiger partial charge is 0.147 e. The van der Waals surface area contributed by atoms with Crippen LogP contribution in [0.25, 0.3) is 0 Å². The van der Waals surface area contributed by atoms with Gasteiger partial charge in [0.25, 0.3) is 0 Å². The van der Waals surface area contributed by atoms with E-state index in [1.165, 1.54) is 6.33 Å². The first-order valence-electron chi connectivity index (χ1n) is 4.60. The minimum atomic E-state index is 0.446. The van der Waals surface area contributed by atoms with Crippen molar-refractivity contribution in [2.24, 2.45) is 0 Å². The highest BCUT2D eigenvalue weighted by Crippen LogP contribution is 2.00. The molecule has 0 bridgehead atoms. The van der Waals surface area contributed by atoms with Gasteiger partial charge in [-0.2, -0.15) is 0 Å². The van der Waals surface area contributed by atoms with Gasteiger partial charge in [0.05, 0.1) is 0 Å². The highest BCUT2D eigenvalue weighted by molar-refractivity contribution is 6.29. The number of aryl methyl sites for hydroxylation is 2. The predicted octanol–water partition coefficient (Wildman–Crippen LogP) is 2.77. The fourth-order valence-electron chi connectivity index (χ4n) is 1.03.